The molecule has 2 aromatic rings. The van der Waals surface area contributed by atoms with Gasteiger partial charge in [-0.25, -0.2) is 9.97 Å². The number of fused-ring (bicyclic) bond motifs is 1. The third-order valence-corrected chi connectivity index (χ3v) is 7.07. The predicted octanol–water partition coefficient (Wildman–Crippen LogP) is 3.82. The summed E-state index contributed by atoms with van der Waals surface area (Å²) in [6.45, 7) is 2.19. The van der Waals surface area contributed by atoms with Crippen LogP contribution in [-0.2, 0) is 6.42 Å². The van der Waals surface area contributed by atoms with Crippen molar-refractivity contribution in [3.63, 3.8) is 0 Å². The molecule has 1 aliphatic heterocycles. The summed E-state index contributed by atoms with van der Waals surface area (Å²) in [5.41, 5.74) is 0. The fourth-order valence-corrected chi connectivity index (χ4v) is 5.71. The van der Waals surface area contributed by atoms with Crippen LogP contribution in [0.1, 0.15) is 22.9 Å². The lowest BCUT2D eigenvalue weighted by Gasteiger charge is -2.20. The topological polar surface area (TPSA) is 37.8 Å². The lowest BCUT2D eigenvalue weighted by atomic mass is 10.3. The Morgan fingerprint density at radius 2 is 2.26 bits per heavy atom. The van der Waals surface area contributed by atoms with Crippen molar-refractivity contribution < 1.29 is 0 Å². The van der Waals surface area contributed by atoms with Gasteiger partial charge in [0.05, 0.1) is 10.6 Å². The van der Waals surface area contributed by atoms with Crippen LogP contribution in [0.3, 0.4) is 0 Å². The zero-order chi connectivity index (χ0) is 13.2. The highest BCUT2D eigenvalue weighted by molar-refractivity contribution is 8.06. The zero-order valence-corrected chi connectivity index (χ0v) is 13.6. The van der Waals surface area contributed by atoms with E-state index in [4.69, 9.17) is 9.97 Å². The molecule has 0 bridgehead atoms. The number of aryl methyl sites for hydroxylation is 1. The molecule has 6 heteroatoms. The smallest absolute Gasteiger partial charge is 0.146 e. The fourth-order valence-electron chi connectivity index (χ4n) is 2.13. The highest BCUT2D eigenvalue weighted by Crippen LogP contribution is 2.37. The van der Waals surface area contributed by atoms with E-state index < -0.39 is 0 Å². The van der Waals surface area contributed by atoms with Gasteiger partial charge in [0.25, 0.3) is 0 Å². The molecule has 1 aliphatic rings. The molecule has 0 spiro atoms. The highest BCUT2D eigenvalue weighted by atomic mass is 32.2. The average molecular weight is 312 g/mol. The molecular weight excluding hydrogens is 294 g/mol. The number of nitrogens with one attached hydrogen (secondary N) is 1. The van der Waals surface area contributed by atoms with E-state index in [-0.39, 0.29) is 0 Å². The minimum Gasteiger partial charge on any atom is -0.372 e. The van der Waals surface area contributed by atoms with Crippen molar-refractivity contribution in [1.82, 2.24) is 9.97 Å². The molecule has 0 radical (unpaired) electrons. The highest BCUT2D eigenvalue weighted by Gasteiger charge is 2.21. The number of aromatic nitrogens is 2. The van der Waals surface area contributed by atoms with Gasteiger partial charge in [-0.1, -0.05) is 6.92 Å². The maximum atomic E-state index is 4.81. The molecule has 102 valence electrons. The molecule has 0 aliphatic carbocycles. The first-order valence-corrected chi connectivity index (χ1v) is 9.51. The van der Waals surface area contributed by atoms with Crippen molar-refractivity contribution >= 4 is 50.9 Å². The molecule has 3 nitrogen and oxygen atoms in total. The van der Waals surface area contributed by atoms with Crippen LogP contribution in [0.5, 0.6) is 0 Å². The zero-order valence-electron chi connectivity index (χ0n) is 11.1. The van der Waals surface area contributed by atoms with Crippen LogP contribution < -0.4 is 5.32 Å². The van der Waals surface area contributed by atoms with E-state index in [0.717, 1.165) is 28.6 Å². The van der Waals surface area contributed by atoms with E-state index in [1.165, 1.54) is 21.8 Å². The van der Waals surface area contributed by atoms with E-state index in [9.17, 15) is 0 Å². The first kappa shape index (κ1) is 13.5. The van der Waals surface area contributed by atoms with Gasteiger partial charge in [0, 0.05) is 29.2 Å². The number of thioether (sulfide) groups is 2. The monoisotopic (exact) mass is 311 g/mol. The minimum atomic E-state index is 0.447. The molecule has 0 aromatic carbocycles. The Labute approximate surface area is 126 Å². The van der Waals surface area contributed by atoms with Crippen molar-refractivity contribution in [2.75, 3.05) is 29.6 Å². The third kappa shape index (κ3) is 2.71. The van der Waals surface area contributed by atoms with Crippen LogP contribution in [0, 0.1) is 0 Å². The molecule has 0 saturated carbocycles. The SMILES string of the molecule is CCc1cc2c(NC)nc(C3CSCCS3)nc2s1. The summed E-state index contributed by atoms with van der Waals surface area (Å²) in [7, 11) is 1.94. The Kier molecular flexibility index (Phi) is 4.19. The van der Waals surface area contributed by atoms with Crippen molar-refractivity contribution in [2.24, 2.45) is 0 Å². The van der Waals surface area contributed by atoms with Crippen LogP contribution in [0.15, 0.2) is 6.07 Å². The van der Waals surface area contributed by atoms with E-state index >= 15 is 0 Å². The second kappa shape index (κ2) is 5.89. The molecule has 1 atom stereocenters. The van der Waals surface area contributed by atoms with Gasteiger partial charge in [-0.2, -0.15) is 11.8 Å². The van der Waals surface area contributed by atoms with Gasteiger partial charge in [0.1, 0.15) is 16.5 Å². The summed E-state index contributed by atoms with van der Waals surface area (Å²) in [6.07, 6.45) is 1.06. The molecule has 3 heterocycles. The van der Waals surface area contributed by atoms with Crippen molar-refractivity contribution in [1.29, 1.82) is 0 Å². The van der Waals surface area contributed by atoms with Gasteiger partial charge in [0.2, 0.25) is 0 Å². The van der Waals surface area contributed by atoms with Crippen LogP contribution >= 0.6 is 34.9 Å². The van der Waals surface area contributed by atoms with E-state index in [1.54, 1.807) is 11.3 Å². The lowest BCUT2D eigenvalue weighted by molar-refractivity contribution is 0.947. The Morgan fingerprint density at radius 3 is 2.95 bits per heavy atom. The Balaban J connectivity index is 2.05. The summed E-state index contributed by atoms with van der Waals surface area (Å²) in [5, 5.41) is 4.84. The van der Waals surface area contributed by atoms with Crippen LogP contribution in [-0.4, -0.2) is 34.3 Å². The molecule has 1 N–H and O–H groups in total. The summed E-state index contributed by atoms with van der Waals surface area (Å²) >= 11 is 5.79. The molecular formula is C13H17N3S3. The Morgan fingerprint density at radius 1 is 1.37 bits per heavy atom. The van der Waals surface area contributed by atoms with Crippen molar-refractivity contribution in [2.45, 2.75) is 18.6 Å². The van der Waals surface area contributed by atoms with Gasteiger partial charge in [-0.3, -0.25) is 0 Å². The van der Waals surface area contributed by atoms with E-state index in [1.807, 2.05) is 30.6 Å². The van der Waals surface area contributed by atoms with Crippen LogP contribution in [0.4, 0.5) is 5.82 Å². The Bertz CT molecular complexity index is 576. The predicted molar refractivity (Wildman–Crippen MR) is 88.9 cm³/mol. The molecule has 0 amide bonds. The molecule has 19 heavy (non-hydrogen) atoms. The van der Waals surface area contributed by atoms with Crippen LogP contribution in [0.25, 0.3) is 10.2 Å². The summed E-state index contributed by atoms with van der Waals surface area (Å²) in [5.74, 6) is 5.56. The maximum Gasteiger partial charge on any atom is 0.146 e. The van der Waals surface area contributed by atoms with E-state index in [2.05, 4.69) is 18.3 Å². The normalized spacial score (nSPS) is 19.8. The largest absolute Gasteiger partial charge is 0.372 e. The molecule has 1 unspecified atom stereocenters. The van der Waals surface area contributed by atoms with Gasteiger partial charge in [-0.05, 0) is 12.5 Å². The quantitative estimate of drug-likeness (QED) is 0.933. The third-order valence-electron chi connectivity index (χ3n) is 3.15. The minimum absolute atomic E-state index is 0.447. The van der Waals surface area contributed by atoms with Crippen molar-refractivity contribution in [3.05, 3.63) is 16.8 Å². The van der Waals surface area contributed by atoms with E-state index in [0.29, 0.717) is 5.25 Å². The molecule has 3 rings (SSSR count). The second-order valence-electron chi connectivity index (χ2n) is 4.40. The molecule has 1 fully saturated rings. The van der Waals surface area contributed by atoms with Crippen molar-refractivity contribution in [3.8, 4) is 0 Å². The summed E-state index contributed by atoms with van der Waals surface area (Å²) in [6, 6.07) is 2.22. The number of rotatable bonds is 3. The number of hydrogen-bond donors (Lipinski definition) is 1. The Hall–Kier alpha value is -0.460. The van der Waals surface area contributed by atoms with Gasteiger partial charge < -0.3 is 5.32 Å². The first-order valence-electron chi connectivity index (χ1n) is 6.49. The van der Waals surface area contributed by atoms with Gasteiger partial charge in [-0.15, -0.1) is 23.1 Å². The number of hydrogen-bond acceptors (Lipinski definition) is 6. The average Bonchev–Trinajstić information content (AvgIpc) is 2.90. The van der Waals surface area contributed by atoms with Gasteiger partial charge in [0.15, 0.2) is 0 Å². The molecule has 2 aromatic heterocycles. The lowest BCUT2D eigenvalue weighted by Crippen LogP contribution is -2.11. The number of anilines is 1. The standard InChI is InChI=1S/C13H17N3S3/c1-3-8-6-9-11(14-2)15-12(16-13(9)19-8)10-7-17-4-5-18-10/h6,10H,3-5,7H2,1-2H3,(H,14,15,16). The van der Waals surface area contributed by atoms with Crippen LogP contribution in [0.2, 0.25) is 0 Å². The second-order valence-corrected chi connectivity index (χ2v) is 7.98. The maximum absolute atomic E-state index is 4.81. The number of nitrogens with zero attached hydrogens (tertiary/aromatic N) is 2. The summed E-state index contributed by atoms with van der Waals surface area (Å²) < 4.78 is 0. The fraction of sp³-hybridized carbons (Fsp3) is 0.538. The summed E-state index contributed by atoms with van der Waals surface area (Å²) in [4.78, 5) is 12.1. The van der Waals surface area contributed by atoms with Gasteiger partial charge >= 0.3 is 0 Å². The molecule has 1 saturated heterocycles. The number of thiophene rings is 1. The first-order chi connectivity index (χ1) is 9.31.